The molecule has 0 saturated carbocycles. The van der Waals surface area contributed by atoms with Crippen molar-refractivity contribution in [3.8, 4) is 0 Å². The Kier molecular flexibility index (Phi) is 3.30. The Morgan fingerprint density at radius 2 is 1.94 bits per heavy atom. The van der Waals surface area contributed by atoms with E-state index in [4.69, 9.17) is 6.57 Å². The van der Waals surface area contributed by atoms with Crippen LogP contribution < -0.4 is 0 Å². The predicted octanol–water partition coefficient (Wildman–Crippen LogP) is 3.13. The number of pyridine rings is 1. The molecule has 1 aromatic carbocycles. The van der Waals surface area contributed by atoms with Gasteiger partial charge in [0.2, 0.25) is 0 Å². The molecule has 0 amide bonds. The Labute approximate surface area is 104 Å². The summed E-state index contributed by atoms with van der Waals surface area (Å²) in [6.07, 6.45) is 2.22. The van der Waals surface area contributed by atoms with Gasteiger partial charge in [0.15, 0.2) is 0 Å². The molecule has 0 bridgehead atoms. The van der Waals surface area contributed by atoms with Gasteiger partial charge in [0.25, 0.3) is 11.5 Å². The molecule has 0 spiro atoms. The molecule has 0 fully saturated rings. The first-order valence-corrected chi connectivity index (χ1v) is 5.25. The smallest absolute Gasteiger partial charge is 0.269 e. The number of nitro groups is 1. The highest BCUT2D eigenvalue weighted by Gasteiger charge is 2.05. The first kappa shape index (κ1) is 11.7. The molecule has 0 aliphatic rings. The van der Waals surface area contributed by atoms with E-state index >= 15 is 0 Å². The Bertz CT molecular complexity index is 615. The summed E-state index contributed by atoms with van der Waals surface area (Å²) in [5.41, 5.74) is 2.00. The maximum Gasteiger partial charge on any atom is 0.269 e. The van der Waals surface area contributed by atoms with Gasteiger partial charge in [0.05, 0.1) is 4.92 Å². The number of aromatic nitrogens is 1. The van der Waals surface area contributed by atoms with Crippen molar-refractivity contribution in [3.05, 3.63) is 75.3 Å². The van der Waals surface area contributed by atoms with Gasteiger partial charge in [-0.15, -0.1) is 4.98 Å². The number of hydrogen-bond donors (Lipinski definition) is 0. The van der Waals surface area contributed by atoms with Crippen molar-refractivity contribution in [1.82, 2.24) is 4.98 Å². The van der Waals surface area contributed by atoms with Crippen molar-refractivity contribution in [3.63, 3.8) is 0 Å². The van der Waals surface area contributed by atoms with E-state index in [1.165, 1.54) is 12.1 Å². The normalized spacial score (nSPS) is 9.72. The zero-order valence-corrected chi connectivity index (χ0v) is 9.41. The molecule has 0 aliphatic heterocycles. The van der Waals surface area contributed by atoms with E-state index < -0.39 is 4.92 Å². The predicted molar refractivity (Wildman–Crippen MR) is 66.4 cm³/mol. The van der Waals surface area contributed by atoms with Crippen molar-refractivity contribution in [1.29, 1.82) is 0 Å². The molecule has 18 heavy (non-hydrogen) atoms. The second-order valence-corrected chi connectivity index (χ2v) is 3.73. The molecule has 88 valence electrons. The molecule has 1 aromatic heterocycles. The van der Waals surface area contributed by atoms with E-state index in [1.54, 1.807) is 24.4 Å². The van der Waals surface area contributed by atoms with Gasteiger partial charge in [0, 0.05) is 12.1 Å². The molecular formula is C13H9N3O2. The minimum Gasteiger partial charge on any atom is -0.361 e. The van der Waals surface area contributed by atoms with Gasteiger partial charge in [-0.1, -0.05) is 18.7 Å². The summed E-state index contributed by atoms with van der Waals surface area (Å²) in [6, 6.07) is 9.94. The first-order valence-electron chi connectivity index (χ1n) is 5.25. The van der Waals surface area contributed by atoms with E-state index in [-0.39, 0.29) is 5.69 Å². The number of non-ortho nitro benzene ring substituents is 1. The second-order valence-electron chi connectivity index (χ2n) is 3.73. The van der Waals surface area contributed by atoms with Crippen molar-refractivity contribution in [2.75, 3.05) is 0 Å². The summed E-state index contributed by atoms with van der Waals surface area (Å²) in [6.45, 7) is 6.88. The van der Waals surface area contributed by atoms with Gasteiger partial charge in [-0.25, -0.2) is 0 Å². The molecule has 0 N–H and O–H groups in total. The second kappa shape index (κ2) is 5.06. The molecule has 5 nitrogen and oxygen atoms in total. The SMILES string of the molecule is [C-]#[N+]c1cc(Cc2ccc([N+](=O)[O-])cc2)ccn1. The van der Waals surface area contributed by atoms with Crippen LogP contribution >= 0.6 is 0 Å². The van der Waals surface area contributed by atoms with Crippen LogP contribution in [-0.2, 0) is 6.42 Å². The largest absolute Gasteiger partial charge is 0.361 e. The van der Waals surface area contributed by atoms with Crippen LogP contribution in [0, 0.1) is 16.7 Å². The first-order chi connectivity index (χ1) is 8.69. The maximum atomic E-state index is 10.5. The van der Waals surface area contributed by atoms with Crippen LogP contribution in [0.5, 0.6) is 0 Å². The summed E-state index contributed by atoms with van der Waals surface area (Å²) in [5, 5.41) is 10.5. The van der Waals surface area contributed by atoms with Crippen LogP contribution in [0.4, 0.5) is 11.5 Å². The summed E-state index contributed by atoms with van der Waals surface area (Å²) in [4.78, 5) is 17.2. The number of nitro benzene ring substituents is 1. The highest BCUT2D eigenvalue weighted by atomic mass is 16.6. The molecule has 0 unspecified atom stereocenters. The van der Waals surface area contributed by atoms with Crippen LogP contribution in [0.1, 0.15) is 11.1 Å². The van der Waals surface area contributed by atoms with Crippen LogP contribution in [0.25, 0.3) is 4.85 Å². The van der Waals surface area contributed by atoms with Crippen LogP contribution in [0.3, 0.4) is 0 Å². The molecule has 0 aliphatic carbocycles. The molecule has 2 rings (SSSR count). The van der Waals surface area contributed by atoms with Crippen LogP contribution in [0.15, 0.2) is 42.6 Å². The van der Waals surface area contributed by atoms with Crippen molar-refractivity contribution >= 4 is 11.5 Å². The monoisotopic (exact) mass is 239 g/mol. The third kappa shape index (κ3) is 2.68. The van der Waals surface area contributed by atoms with Gasteiger partial charge in [-0.05, 0) is 29.7 Å². The Hall–Kier alpha value is -2.74. The molecule has 0 atom stereocenters. The van der Waals surface area contributed by atoms with Crippen molar-refractivity contribution in [2.24, 2.45) is 0 Å². The molecule has 1 heterocycles. The summed E-state index contributed by atoms with van der Waals surface area (Å²) < 4.78 is 0. The lowest BCUT2D eigenvalue weighted by molar-refractivity contribution is -0.384. The average molecular weight is 239 g/mol. The van der Waals surface area contributed by atoms with Crippen molar-refractivity contribution in [2.45, 2.75) is 6.42 Å². The zero-order chi connectivity index (χ0) is 13.0. The standard InChI is InChI=1S/C13H9N3O2/c1-14-13-9-11(6-7-15-13)8-10-2-4-12(5-3-10)16(17)18/h2-7,9H,8H2. The lowest BCUT2D eigenvalue weighted by Gasteiger charge is -2.01. The van der Waals surface area contributed by atoms with Gasteiger partial charge in [-0.2, -0.15) is 0 Å². The molecule has 2 aromatic rings. The summed E-state index contributed by atoms with van der Waals surface area (Å²) >= 11 is 0. The van der Waals surface area contributed by atoms with Crippen LogP contribution in [0.2, 0.25) is 0 Å². The van der Waals surface area contributed by atoms with Gasteiger partial charge < -0.3 is 4.85 Å². The average Bonchev–Trinajstić information content (AvgIpc) is 2.39. The van der Waals surface area contributed by atoms with E-state index in [9.17, 15) is 10.1 Å². The molecule has 0 saturated heterocycles. The number of nitrogens with zero attached hydrogens (tertiary/aromatic N) is 3. The zero-order valence-electron chi connectivity index (χ0n) is 9.41. The molecule has 0 radical (unpaired) electrons. The fourth-order valence-electron chi connectivity index (χ4n) is 1.60. The lowest BCUT2D eigenvalue weighted by Crippen LogP contribution is -1.91. The van der Waals surface area contributed by atoms with Crippen LogP contribution in [-0.4, -0.2) is 9.91 Å². The minimum absolute atomic E-state index is 0.0790. The van der Waals surface area contributed by atoms with E-state index in [2.05, 4.69) is 9.83 Å². The van der Waals surface area contributed by atoms with Gasteiger partial charge >= 0.3 is 0 Å². The summed E-state index contributed by atoms with van der Waals surface area (Å²) in [5.74, 6) is 0.356. The van der Waals surface area contributed by atoms with Gasteiger partial charge in [0.1, 0.15) is 6.20 Å². The lowest BCUT2D eigenvalue weighted by atomic mass is 10.1. The summed E-state index contributed by atoms with van der Waals surface area (Å²) in [7, 11) is 0. The minimum atomic E-state index is -0.423. The third-order valence-electron chi connectivity index (χ3n) is 2.48. The fraction of sp³-hybridized carbons (Fsp3) is 0.0769. The Morgan fingerprint density at radius 3 is 2.56 bits per heavy atom. The van der Waals surface area contributed by atoms with Gasteiger partial charge in [-0.3, -0.25) is 10.1 Å². The topological polar surface area (TPSA) is 60.4 Å². The van der Waals surface area contributed by atoms with E-state index in [0.717, 1.165) is 11.1 Å². The number of benzene rings is 1. The third-order valence-corrected chi connectivity index (χ3v) is 2.48. The number of hydrogen-bond acceptors (Lipinski definition) is 3. The fourth-order valence-corrected chi connectivity index (χ4v) is 1.60. The highest BCUT2D eigenvalue weighted by Crippen LogP contribution is 2.17. The number of rotatable bonds is 3. The quantitative estimate of drug-likeness (QED) is 0.469. The van der Waals surface area contributed by atoms with E-state index in [0.29, 0.717) is 12.2 Å². The Balaban J connectivity index is 2.18. The highest BCUT2D eigenvalue weighted by molar-refractivity contribution is 5.41. The Morgan fingerprint density at radius 1 is 1.22 bits per heavy atom. The molecule has 5 heteroatoms. The van der Waals surface area contributed by atoms with E-state index in [1.807, 2.05) is 6.07 Å². The maximum absolute atomic E-state index is 10.5. The molecular weight excluding hydrogens is 230 g/mol. The van der Waals surface area contributed by atoms with Crippen molar-refractivity contribution < 1.29 is 4.92 Å².